The molecule has 1 aromatic carbocycles. The third-order valence-electron chi connectivity index (χ3n) is 4.54. The summed E-state index contributed by atoms with van der Waals surface area (Å²) in [6, 6.07) is 11.0. The van der Waals surface area contributed by atoms with Gasteiger partial charge in [-0.3, -0.25) is 0 Å². The molecular formula is C18H25N5. The molecule has 5 heteroatoms. The Morgan fingerprint density at radius 3 is 2.83 bits per heavy atom. The van der Waals surface area contributed by atoms with E-state index in [2.05, 4.69) is 51.2 Å². The Morgan fingerprint density at radius 2 is 2.04 bits per heavy atom. The quantitative estimate of drug-likeness (QED) is 0.848. The molecular weight excluding hydrogens is 286 g/mol. The van der Waals surface area contributed by atoms with E-state index >= 15 is 0 Å². The highest BCUT2D eigenvalue weighted by Crippen LogP contribution is 2.24. The van der Waals surface area contributed by atoms with Crippen LogP contribution in [0.2, 0.25) is 0 Å². The van der Waals surface area contributed by atoms with Crippen LogP contribution in [0.4, 0.5) is 11.8 Å². The van der Waals surface area contributed by atoms with Gasteiger partial charge < -0.3 is 9.80 Å². The first-order valence-electron chi connectivity index (χ1n) is 8.49. The molecule has 0 spiro atoms. The van der Waals surface area contributed by atoms with Crippen molar-refractivity contribution in [2.24, 2.45) is 0 Å². The number of piperidine rings is 1. The van der Waals surface area contributed by atoms with Crippen molar-refractivity contribution in [3.63, 3.8) is 0 Å². The van der Waals surface area contributed by atoms with Gasteiger partial charge in [0.05, 0.1) is 6.20 Å². The predicted octanol–water partition coefficient (Wildman–Crippen LogP) is 3.28. The third-order valence-corrected chi connectivity index (χ3v) is 4.54. The second-order valence-corrected chi connectivity index (χ2v) is 6.21. The molecule has 1 aliphatic rings. The van der Waals surface area contributed by atoms with Crippen molar-refractivity contribution in [2.45, 2.75) is 45.2 Å². The van der Waals surface area contributed by atoms with Gasteiger partial charge in [-0.2, -0.15) is 10.1 Å². The summed E-state index contributed by atoms with van der Waals surface area (Å²) in [5.41, 5.74) is 1.26. The molecule has 0 N–H and O–H groups in total. The van der Waals surface area contributed by atoms with Gasteiger partial charge in [0, 0.05) is 26.2 Å². The molecule has 1 unspecified atom stereocenters. The van der Waals surface area contributed by atoms with Crippen LogP contribution in [0.1, 0.15) is 38.2 Å². The summed E-state index contributed by atoms with van der Waals surface area (Å²) in [6.45, 7) is 4.09. The van der Waals surface area contributed by atoms with Gasteiger partial charge in [-0.05, 0) is 31.2 Å². The van der Waals surface area contributed by atoms with E-state index in [1.807, 2.05) is 13.1 Å². The van der Waals surface area contributed by atoms with E-state index < -0.39 is 0 Å². The van der Waals surface area contributed by atoms with Crippen molar-refractivity contribution < 1.29 is 0 Å². The Hall–Kier alpha value is -2.17. The van der Waals surface area contributed by atoms with Crippen LogP contribution >= 0.6 is 0 Å². The zero-order chi connectivity index (χ0) is 16.1. The van der Waals surface area contributed by atoms with Crippen LogP contribution in [0.15, 0.2) is 36.5 Å². The minimum Gasteiger partial charge on any atom is -0.354 e. The Bertz CT molecular complexity index is 616. The molecule has 0 saturated carbocycles. The van der Waals surface area contributed by atoms with Crippen molar-refractivity contribution >= 4 is 11.8 Å². The second kappa shape index (κ2) is 7.40. The average Bonchev–Trinajstić information content (AvgIpc) is 2.62. The van der Waals surface area contributed by atoms with E-state index in [0.717, 1.165) is 31.3 Å². The molecule has 23 heavy (non-hydrogen) atoms. The van der Waals surface area contributed by atoms with E-state index in [4.69, 9.17) is 4.98 Å². The van der Waals surface area contributed by atoms with Gasteiger partial charge in [0.25, 0.3) is 0 Å². The van der Waals surface area contributed by atoms with E-state index in [-0.39, 0.29) is 0 Å². The monoisotopic (exact) mass is 311 g/mol. The van der Waals surface area contributed by atoms with Crippen molar-refractivity contribution in [1.29, 1.82) is 0 Å². The lowest BCUT2D eigenvalue weighted by atomic mass is 10.0. The second-order valence-electron chi connectivity index (χ2n) is 6.21. The Kier molecular flexibility index (Phi) is 5.05. The Balaban J connectivity index is 1.76. The maximum absolute atomic E-state index is 4.77. The molecule has 1 aliphatic heterocycles. The van der Waals surface area contributed by atoms with Gasteiger partial charge >= 0.3 is 0 Å². The Labute approximate surface area is 138 Å². The number of hydrogen-bond donors (Lipinski definition) is 0. The molecule has 0 radical (unpaired) electrons. The fourth-order valence-corrected chi connectivity index (χ4v) is 3.22. The lowest BCUT2D eigenvalue weighted by molar-refractivity contribution is 0.441. The SMILES string of the molecule is CCC1CCCCN1c1nncc(N(C)Cc2ccccc2)n1. The molecule has 1 fully saturated rings. The number of hydrogen-bond acceptors (Lipinski definition) is 5. The largest absolute Gasteiger partial charge is 0.354 e. The fraction of sp³-hybridized carbons (Fsp3) is 0.500. The van der Waals surface area contributed by atoms with Crippen LogP contribution in [0, 0.1) is 0 Å². The van der Waals surface area contributed by atoms with E-state index in [1.165, 1.54) is 24.8 Å². The molecule has 2 aromatic rings. The molecule has 1 aromatic heterocycles. The molecule has 0 amide bonds. The van der Waals surface area contributed by atoms with Crippen LogP contribution < -0.4 is 9.80 Å². The molecule has 5 nitrogen and oxygen atoms in total. The summed E-state index contributed by atoms with van der Waals surface area (Å²) in [5.74, 6) is 1.65. The van der Waals surface area contributed by atoms with Crippen LogP contribution in [0.3, 0.4) is 0 Å². The zero-order valence-electron chi connectivity index (χ0n) is 14.0. The first kappa shape index (κ1) is 15.7. The van der Waals surface area contributed by atoms with Crippen molar-refractivity contribution in [1.82, 2.24) is 15.2 Å². The van der Waals surface area contributed by atoms with Crippen molar-refractivity contribution in [3.05, 3.63) is 42.1 Å². The van der Waals surface area contributed by atoms with Crippen LogP contribution in [0.5, 0.6) is 0 Å². The number of benzene rings is 1. The lowest BCUT2D eigenvalue weighted by Gasteiger charge is -2.35. The molecule has 0 aliphatic carbocycles. The third kappa shape index (κ3) is 3.78. The summed E-state index contributed by atoms with van der Waals surface area (Å²) in [5, 5.41) is 8.48. The maximum atomic E-state index is 4.77. The van der Waals surface area contributed by atoms with Gasteiger partial charge in [-0.1, -0.05) is 37.3 Å². The first-order valence-corrected chi connectivity index (χ1v) is 8.49. The minimum atomic E-state index is 0.542. The first-order chi connectivity index (χ1) is 11.3. The fourth-order valence-electron chi connectivity index (χ4n) is 3.22. The van der Waals surface area contributed by atoms with Crippen LogP contribution in [0.25, 0.3) is 0 Å². The standard InChI is InChI=1S/C18H25N5/c1-3-16-11-7-8-12-23(16)18-20-17(13-19-21-18)22(2)14-15-9-5-4-6-10-15/h4-6,9-10,13,16H,3,7-8,11-12,14H2,1-2H3. The molecule has 1 saturated heterocycles. The summed E-state index contributed by atoms with van der Waals surface area (Å²) in [7, 11) is 2.05. The predicted molar refractivity (Wildman–Crippen MR) is 93.7 cm³/mol. The molecule has 1 atom stereocenters. The summed E-state index contributed by atoms with van der Waals surface area (Å²) in [4.78, 5) is 9.22. The van der Waals surface area contributed by atoms with Gasteiger partial charge in [0.15, 0.2) is 5.82 Å². The number of nitrogens with zero attached hydrogens (tertiary/aromatic N) is 5. The molecule has 2 heterocycles. The van der Waals surface area contributed by atoms with Gasteiger partial charge in [-0.25, -0.2) is 0 Å². The van der Waals surface area contributed by atoms with Gasteiger partial charge in [0.1, 0.15) is 0 Å². The summed E-state index contributed by atoms with van der Waals surface area (Å²) in [6.07, 6.45) is 6.62. The average molecular weight is 311 g/mol. The summed E-state index contributed by atoms with van der Waals surface area (Å²) < 4.78 is 0. The van der Waals surface area contributed by atoms with Gasteiger partial charge in [0.2, 0.25) is 5.95 Å². The number of rotatable bonds is 5. The number of aromatic nitrogens is 3. The van der Waals surface area contributed by atoms with Gasteiger partial charge in [-0.15, -0.1) is 5.10 Å². The summed E-state index contributed by atoms with van der Waals surface area (Å²) >= 11 is 0. The van der Waals surface area contributed by atoms with Crippen LogP contribution in [-0.2, 0) is 6.54 Å². The lowest BCUT2D eigenvalue weighted by Crippen LogP contribution is -2.40. The van der Waals surface area contributed by atoms with Crippen LogP contribution in [-0.4, -0.2) is 34.8 Å². The van der Waals surface area contributed by atoms with E-state index in [0.29, 0.717) is 6.04 Å². The highest BCUT2D eigenvalue weighted by molar-refractivity contribution is 5.42. The van der Waals surface area contributed by atoms with E-state index in [9.17, 15) is 0 Å². The zero-order valence-corrected chi connectivity index (χ0v) is 14.0. The normalized spacial score (nSPS) is 18.0. The van der Waals surface area contributed by atoms with Crippen molar-refractivity contribution in [2.75, 3.05) is 23.4 Å². The topological polar surface area (TPSA) is 45.2 Å². The van der Waals surface area contributed by atoms with E-state index in [1.54, 1.807) is 6.20 Å². The smallest absolute Gasteiger partial charge is 0.247 e. The maximum Gasteiger partial charge on any atom is 0.247 e. The number of anilines is 2. The minimum absolute atomic E-state index is 0.542. The molecule has 0 bridgehead atoms. The highest BCUT2D eigenvalue weighted by Gasteiger charge is 2.23. The van der Waals surface area contributed by atoms with Crippen molar-refractivity contribution in [3.8, 4) is 0 Å². The highest BCUT2D eigenvalue weighted by atomic mass is 15.4. The molecule has 3 rings (SSSR count). The Morgan fingerprint density at radius 1 is 1.22 bits per heavy atom. The molecule has 122 valence electrons.